The van der Waals surface area contributed by atoms with Gasteiger partial charge in [-0.25, -0.2) is 0 Å². The number of carbonyl (C=O) groups is 2. The van der Waals surface area contributed by atoms with Crippen molar-refractivity contribution in [2.45, 2.75) is 12.5 Å². The number of thioether (sulfide) groups is 1. The highest BCUT2D eigenvalue weighted by molar-refractivity contribution is 14.1. The van der Waals surface area contributed by atoms with Crippen molar-refractivity contribution >= 4 is 63.5 Å². The summed E-state index contributed by atoms with van der Waals surface area (Å²) in [6.45, 7) is 0. The van der Waals surface area contributed by atoms with Gasteiger partial charge in [0.05, 0.1) is 10.6 Å². The highest BCUT2D eigenvalue weighted by Crippen LogP contribution is 2.16. The van der Waals surface area contributed by atoms with Crippen molar-refractivity contribution in [3.63, 3.8) is 0 Å². The van der Waals surface area contributed by atoms with Crippen molar-refractivity contribution < 1.29 is 9.59 Å². The molecular weight excluding hydrogens is 471 g/mol. The van der Waals surface area contributed by atoms with E-state index in [1.54, 1.807) is 36.0 Å². The minimum absolute atomic E-state index is 0.239. The Morgan fingerprint density at radius 2 is 1.96 bits per heavy atom. The van der Waals surface area contributed by atoms with Gasteiger partial charge in [0, 0.05) is 9.26 Å². The molecule has 25 heavy (non-hydrogen) atoms. The third-order valence-electron chi connectivity index (χ3n) is 3.44. The first-order valence-corrected chi connectivity index (χ1v) is 10.5. The highest BCUT2D eigenvalue weighted by Gasteiger charge is 2.22. The first-order valence-electron chi connectivity index (χ1n) is 7.62. The van der Waals surface area contributed by atoms with E-state index < -0.39 is 6.04 Å². The maximum atomic E-state index is 12.6. The molecule has 0 aliphatic carbocycles. The lowest BCUT2D eigenvalue weighted by Crippen LogP contribution is -2.44. The van der Waals surface area contributed by atoms with Gasteiger partial charge in [0.1, 0.15) is 6.04 Å². The summed E-state index contributed by atoms with van der Waals surface area (Å²) in [4.78, 5) is 25.1. The quantitative estimate of drug-likeness (QED) is 0.567. The van der Waals surface area contributed by atoms with Crippen LogP contribution in [0.15, 0.2) is 48.5 Å². The molecule has 4 nitrogen and oxygen atoms in total. The number of amides is 2. The fourth-order valence-corrected chi connectivity index (χ4v) is 3.42. The van der Waals surface area contributed by atoms with Gasteiger partial charge in [-0.05, 0) is 71.4 Å². The molecule has 2 aromatic rings. The summed E-state index contributed by atoms with van der Waals surface area (Å²) in [7, 11) is 0. The number of hydrogen-bond acceptors (Lipinski definition) is 3. The molecule has 0 aliphatic rings. The lowest BCUT2D eigenvalue weighted by atomic mass is 10.1. The van der Waals surface area contributed by atoms with Gasteiger partial charge in [-0.2, -0.15) is 11.8 Å². The summed E-state index contributed by atoms with van der Waals surface area (Å²) >= 11 is 9.88. The highest BCUT2D eigenvalue weighted by atomic mass is 127. The molecule has 2 rings (SSSR count). The summed E-state index contributed by atoms with van der Waals surface area (Å²) in [5, 5.41) is 6.02. The van der Waals surface area contributed by atoms with E-state index in [9.17, 15) is 9.59 Å². The van der Waals surface area contributed by atoms with Gasteiger partial charge in [0.2, 0.25) is 5.91 Å². The molecule has 2 N–H and O–H groups in total. The summed E-state index contributed by atoms with van der Waals surface area (Å²) in [6.07, 6.45) is 2.50. The van der Waals surface area contributed by atoms with E-state index in [1.165, 1.54) is 0 Å². The molecule has 0 saturated carbocycles. The molecule has 0 saturated heterocycles. The average Bonchev–Trinajstić information content (AvgIpc) is 2.58. The molecule has 7 heteroatoms. The zero-order valence-corrected chi connectivity index (χ0v) is 17.3. The maximum absolute atomic E-state index is 12.6. The second kappa shape index (κ2) is 10.0. The Labute approximate surface area is 170 Å². The lowest BCUT2D eigenvalue weighted by Gasteiger charge is -2.18. The van der Waals surface area contributed by atoms with E-state index in [0.29, 0.717) is 22.7 Å². The minimum atomic E-state index is -0.630. The molecular formula is C18H18ClIN2O2S. The van der Waals surface area contributed by atoms with Crippen LogP contribution in [0.25, 0.3) is 0 Å². The van der Waals surface area contributed by atoms with Gasteiger partial charge in [0.15, 0.2) is 0 Å². The van der Waals surface area contributed by atoms with Crippen LogP contribution in [0.3, 0.4) is 0 Å². The van der Waals surface area contributed by atoms with Crippen LogP contribution in [-0.4, -0.2) is 29.9 Å². The monoisotopic (exact) mass is 488 g/mol. The molecule has 0 heterocycles. The molecule has 0 radical (unpaired) electrons. The van der Waals surface area contributed by atoms with Crippen LogP contribution in [0, 0.1) is 3.57 Å². The second-order valence-electron chi connectivity index (χ2n) is 5.29. The molecule has 0 spiro atoms. The number of nitrogens with one attached hydrogen (secondary N) is 2. The van der Waals surface area contributed by atoms with E-state index in [0.717, 1.165) is 9.32 Å². The van der Waals surface area contributed by atoms with Gasteiger partial charge in [-0.1, -0.05) is 29.8 Å². The molecule has 2 amide bonds. The predicted molar refractivity (Wildman–Crippen MR) is 113 cm³/mol. The van der Waals surface area contributed by atoms with Crippen LogP contribution in [-0.2, 0) is 4.79 Å². The molecule has 2 aromatic carbocycles. The number of rotatable bonds is 7. The number of hydrogen-bond donors (Lipinski definition) is 2. The topological polar surface area (TPSA) is 58.2 Å². The Bertz CT molecular complexity index is 757. The first kappa shape index (κ1) is 20.1. The van der Waals surface area contributed by atoms with Crippen molar-refractivity contribution in [3.05, 3.63) is 62.7 Å². The maximum Gasteiger partial charge on any atom is 0.253 e. The summed E-state index contributed by atoms with van der Waals surface area (Å²) in [5.41, 5.74) is 1.07. The number of carbonyl (C=O) groups excluding carboxylic acids is 2. The Kier molecular flexibility index (Phi) is 8.05. The summed E-state index contributed by atoms with van der Waals surface area (Å²) in [6, 6.07) is 13.7. The normalized spacial score (nSPS) is 11.6. The van der Waals surface area contributed by atoms with Gasteiger partial charge in [-0.15, -0.1) is 0 Å². The van der Waals surface area contributed by atoms with E-state index in [-0.39, 0.29) is 11.8 Å². The Morgan fingerprint density at radius 3 is 2.64 bits per heavy atom. The van der Waals surface area contributed by atoms with Crippen molar-refractivity contribution in [3.8, 4) is 0 Å². The third-order valence-corrected chi connectivity index (χ3v) is 5.09. The van der Waals surface area contributed by atoms with E-state index in [1.807, 2.05) is 30.5 Å². The molecule has 1 atom stereocenters. The van der Waals surface area contributed by atoms with Gasteiger partial charge < -0.3 is 10.6 Å². The predicted octanol–water partition coefficient (Wildman–Crippen LogP) is 4.43. The Balaban J connectivity index is 2.10. The minimum Gasteiger partial charge on any atom is -0.340 e. The molecule has 1 unspecified atom stereocenters. The van der Waals surface area contributed by atoms with Crippen LogP contribution < -0.4 is 10.6 Å². The smallest absolute Gasteiger partial charge is 0.253 e. The van der Waals surface area contributed by atoms with Crippen molar-refractivity contribution in [2.75, 3.05) is 17.3 Å². The molecule has 0 aromatic heterocycles. The fourth-order valence-electron chi connectivity index (χ4n) is 2.18. The molecule has 0 fully saturated rings. The van der Waals surface area contributed by atoms with Gasteiger partial charge in [-0.3, -0.25) is 9.59 Å². The zero-order chi connectivity index (χ0) is 18.2. The third kappa shape index (κ3) is 6.20. The van der Waals surface area contributed by atoms with Crippen molar-refractivity contribution in [2.24, 2.45) is 0 Å². The van der Waals surface area contributed by atoms with Crippen LogP contribution in [0.2, 0.25) is 5.02 Å². The average molecular weight is 489 g/mol. The van der Waals surface area contributed by atoms with E-state index >= 15 is 0 Å². The summed E-state index contributed by atoms with van der Waals surface area (Å²) < 4.78 is 1.02. The van der Waals surface area contributed by atoms with E-state index in [4.69, 9.17) is 11.6 Å². The van der Waals surface area contributed by atoms with Gasteiger partial charge in [0.25, 0.3) is 5.91 Å². The van der Waals surface area contributed by atoms with Crippen LogP contribution in [0.1, 0.15) is 16.8 Å². The van der Waals surface area contributed by atoms with Crippen LogP contribution in [0.5, 0.6) is 0 Å². The van der Waals surface area contributed by atoms with Crippen LogP contribution in [0.4, 0.5) is 5.69 Å². The number of benzene rings is 2. The zero-order valence-electron chi connectivity index (χ0n) is 13.6. The molecule has 132 valence electrons. The largest absolute Gasteiger partial charge is 0.340 e. The number of halogens is 2. The SMILES string of the molecule is CSCCC(NC(=O)c1ccccc1Cl)C(=O)Nc1cccc(I)c1. The van der Waals surface area contributed by atoms with Crippen LogP contribution >= 0.6 is 46.0 Å². The first-order chi connectivity index (χ1) is 12.0. The van der Waals surface area contributed by atoms with Crippen molar-refractivity contribution in [1.82, 2.24) is 5.32 Å². The summed E-state index contributed by atoms with van der Waals surface area (Å²) in [5.74, 6) is 0.165. The van der Waals surface area contributed by atoms with Gasteiger partial charge >= 0.3 is 0 Å². The number of anilines is 1. The Morgan fingerprint density at radius 1 is 1.20 bits per heavy atom. The second-order valence-corrected chi connectivity index (χ2v) is 7.93. The molecule has 0 aliphatic heterocycles. The van der Waals surface area contributed by atoms with E-state index in [2.05, 4.69) is 33.2 Å². The standard InChI is InChI=1S/C18H18ClIN2O2S/c1-25-10-9-16(18(24)21-13-6-4-5-12(20)11-13)22-17(23)14-7-2-3-8-15(14)19/h2-8,11,16H,9-10H2,1H3,(H,21,24)(H,22,23). The fraction of sp³-hybridized carbons (Fsp3) is 0.222. The Hall–Kier alpha value is -1.25. The van der Waals surface area contributed by atoms with Crippen molar-refractivity contribution in [1.29, 1.82) is 0 Å². The lowest BCUT2D eigenvalue weighted by molar-refractivity contribution is -0.118. The molecule has 0 bridgehead atoms.